The number of carbonyl (C=O) groups is 1. The van der Waals surface area contributed by atoms with Crippen LogP contribution in [0.4, 0.5) is 0 Å². The van der Waals surface area contributed by atoms with Crippen LogP contribution in [0.25, 0.3) is 0 Å². The largest absolute Gasteiger partial charge is 0.344 e. The first-order valence-corrected chi connectivity index (χ1v) is 6.71. The highest BCUT2D eigenvalue weighted by molar-refractivity contribution is 7.98. The maximum absolute atomic E-state index is 12.1. The second-order valence-corrected chi connectivity index (χ2v) is 5.11. The van der Waals surface area contributed by atoms with Gasteiger partial charge in [-0.1, -0.05) is 12.8 Å². The molecule has 0 aromatic rings. The normalized spacial score (nSPS) is 18.5. The second-order valence-electron chi connectivity index (χ2n) is 4.12. The fourth-order valence-electron chi connectivity index (χ4n) is 2.05. The van der Waals surface area contributed by atoms with E-state index < -0.39 is 5.41 Å². The van der Waals surface area contributed by atoms with E-state index in [0.717, 1.165) is 38.0 Å². The van der Waals surface area contributed by atoms with Crippen molar-refractivity contribution in [3.63, 3.8) is 0 Å². The Morgan fingerprint density at radius 3 is 2.60 bits per heavy atom. The molecule has 0 bridgehead atoms. The number of rotatable bonds is 4. The van der Waals surface area contributed by atoms with Gasteiger partial charge < -0.3 is 4.90 Å². The van der Waals surface area contributed by atoms with Crippen LogP contribution in [0.2, 0.25) is 0 Å². The van der Waals surface area contributed by atoms with E-state index in [1.165, 1.54) is 0 Å². The van der Waals surface area contributed by atoms with Gasteiger partial charge in [-0.3, -0.25) is 4.79 Å². The lowest BCUT2D eigenvalue weighted by Gasteiger charge is -2.26. The van der Waals surface area contributed by atoms with E-state index in [1.54, 1.807) is 23.7 Å². The molecule has 0 spiro atoms. The van der Waals surface area contributed by atoms with Gasteiger partial charge >= 0.3 is 0 Å². The maximum atomic E-state index is 12.1. The lowest BCUT2D eigenvalue weighted by molar-refractivity contribution is -0.137. The number of nitrogens with zero attached hydrogens (tertiary/aromatic N) is 2. The molecule has 0 N–H and O–H groups in total. The minimum absolute atomic E-state index is 0.0246. The molecule has 0 aromatic carbocycles. The number of thioether (sulfide) groups is 1. The Hall–Kier alpha value is -0.690. The summed E-state index contributed by atoms with van der Waals surface area (Å²) < 4.78 is 0. The van der Waals surface area contributed by atoms with Gasteiger partial charge in [0.05, 0.1) is 6.07 Å². The zero-order valence-electron chi connectivity index (χ0n) is 9.45. The van der Waals surface area contributed by atoms with Crippen molar-refractivity contribution in [1.82, 2.24) is 4.90 Å². The summed E-state index contributed by atoms with van der Waals surface area (Å²) in [7, 11) is 1.80. The Kier molecular flexibility index (Phi) is 4.46. The minimum Gasteiger partial charge on any atom is -0.344 e. The van der Waals surface area contributed by atoms with Crippen molar-refractivity contribution >= 4 is 17.7 Å². The third kappa shape index (κ3) is 2.66. The molecule has 0 aromatic heterocycles. The van der Waals surface area contributed by atoms with Crippen molar-refractivity contribution in [1.29, 1.82) is 5.26 Å². The molecule has 15 heavy (non-hydrogen) atoms. The van der Waals surface area contributed by atoms with E-state index in [2.05, 4.69) is 6.07 Å². The fraction of sp³-hybridized carbons (Fsp3) is 0.818. The summed E-state index contributed by atoms with van der Waals surface area (Å²) in [6, 6.07) is 2.24. The SMILES string of the molecule is CSCCN(C)C(=O)C1(C#N)CCCC1. The predicted octanol–water partition coefficient (Wildman–Crippen LogP) is 1.89. The Morgan fingerprint density at radius 2 is 2.13 bits per heavy atom. The molecular formula is C11H18N2OS. The van der Waals surface area contributed by atoms with Gasteiger partial charge in [0.2, 0.25) is 5.91 Å². The van der Waals surface area contributed by atoms with Crippen LogP contribution in [0, 0.1) is 16.7 Å². The first-order valence-electron chi connectivity index (χ1n) is 5.32. The molecule has 0 radical (unpaired) electrons. The highest BCUT2D eigenvalue weighted by Gasteiger charge is 2.42. The third-order valence-electron chi connectivity index (χ3n) is 3.06. The van der Waals surface area contributed by atoms with Gasteiger partial charge in [-0.05, 0) is 19.1 Å². The molecule has 0 unspecified atom stereocenters. The molecule has 0 aliphatic heterocycles. The van der Waals surface area contributed by atoms with Crippen LogP contribution >= 0.6 is 11.8 Å². The lowest BCUT2D eigenvalue weighted by atomic mass is 9.86. The molecular weight excluding hydrogens is 208 g/mol. The highest BCUT2D eigenvalue weighted by atomic mass is 32.2. The average Bonchev–Trinajstić information content (AvgIpc) is 2.74. The Labute approximate surface area is 95.8 Å². The molecule has 84 valence electrons. The van der Waals surface area contributed by atoms with Crippen molar-refractivity contribution in [2.24, 2.45) is 5.41 Å². The minimum atomic E-state index is -0.701. The van der Waals surface area contributed by atoms with E-state index in [-0.39, 0.29) is 5.91 Å². The highest BCUT2D eigenvalue weighted by Crippen LogP contribution is 2.38. The standard InChI is InChI=1S/C11H18N2OS/c1-13(7-8-15-2)10(14)11(9-12)5-3-4-6-11/h3-8H2,1-2H3. The van der Waals surface area contributed by atoms with E-state index in [1.807, 2.05) is 6.26 Å². The molecule has 3 nitrogen and oxygen atoms in total. The van der Waals surface area contributed by atoms with Crippen molar-refractivity contribution in [3.8, 4) is 6.07 Å². The van der Waals surface area contributed by atoms with E-state index in [0.29, 0.717) is 0 Å². The third-order valence-corrected chi connectivity index (χ3v) is 3.65. The lowest BCUT2D eigenvalue weighted by Crippen LogP contribution is -2.40. The summed E-state index contributed by atoms with van der Waals surface area (Å²) in [5, 5.41) is 9.16. The Morgan fingerprint density at radius 1 is 1.53 bits per heavy atom. The van der Waals surface area contributed by atoms with Crippen LogP contribution in [-0.4, -0.2) is 36.4 Å². The summed E-state index contributed by atoms with van der Waals surface area (Å²) >= 11 is 1.72. The van der Waals surface area contributed by atoms with Crippen LogP contribution < -0.4 is 0 Å². The van der Waals surface area contributed by atoms with E-state index >= 15 is 0 Å². The van der Waals surface area contributed by atoms with Gasteiger partial charge in [-0.2, -0.15) is 17.0 Å². The van der Waals surface area contributed by atoms with Gasteiger partial charge in [0.1, 0.15) is 5.41 Å². The van der Waals surface area contributed by atoms with Crippen LogP contribution in [-0.2, 0) is 4.79 Å². The van der Waals surface area contributed by atoms with Crippen molar-refractivity contribution in [3.05, 3.63) is 0 Å². The first-order chi connectivity index (χ1) is 7.16. The Bertz CT molecular complexity index is 266. The van der Waals surface area contributed by atoms with Gasteiger partial charge in [0.25, 0.3) is 0 Å². The summed E-state index contributed by atoms with van der Waals surface area (Å²) in [4.78, 5) is 13.8. The molecule has 1 rings (SSSR count). The summed E-state index contributed by atoms with van der Waals surface area (Å²) in [6.07, 6.45) is 5.52. The molecule has 1 saturated carbocycles. The van der Waals surface area contributed by atoms with Crippen molar-refractivity contribution in [2.45, 2.75) is 25.7 Å². The van der Waals surface area contributed by atoms with Gasteiger partial charge in [-0.15, -0.1) is 0 Å². The van der Waals surface area contributed by atoms with Crippen molar-refractivity contribution < 1.29 is 4.79 Å². The molecule has 0 saturated heterocycles. The number of hydrogen-bond donors (Lipinski definition) is 0. The summed E-state index contributed by atoms with van der Waals surface area (Å²) in [5.74, 6) is 0.959. The van der Waals surface area contributed by atoms with Crippen LogP contribution in [0.3, 0.4) is 0 Å². The number of nitriles is 1. The summed E-state index contributed by atoms with van der Waals surface area (Å²) in [6.45, 7) is 0.740. The predicted molar refractivity (Wildman–Crippen MR) is 62.5 cm³/mol. The van der Waals surface area contributed by atoms with E-state index in [4.69, 9.17) is 5.26 Å². The molecule has 4 heteroatoms. The maximum Gasteiger partial charge on any atom is 0.242 e. The first kappa shape index (κ1) is 12.4. The fourth-order valence-corrected chi connectivity index (χ4v) is 2.50. The van der Waals surface area contributed by atoms with Crippen molar-refractivity contribution in [2.75, 3.05) is 25.6 Å². The second kappa shape index (κ2) is 5.41. The van der Waals surface area contributed by atoms with Crippen LogP contribution in [0.1, 0.15) is 25.7 Å². The van der Waals surface area contributed by atoms with E-state index in [9.17, 15) is 4.79 Å². The van der Waals surface area contributed by atoms with Gasteiger partial charge in [-0.25, -0.2) is 0 Å². The monoisotopic (exact) mass is 226 g/mol. The number of carbonyl (C=O) groups excluding carboxylic acids is 1. The molecule has 0 atom stereocenters. The van der Waals surface area contributed by atoms with Gasteiger partial charge in [0, 0.05) is 19.3 Å². The zero-order valence-corrected chi connectivity index (χ0v) is 10.3. The summed E-state index contributed by atoms with van der Waals surface area (Å²) in [5.41, 5.74) is -0.701. The van der Waals surface area contributed by atoms with Crippen LogP contribution in [0.5, 0.6) is 0 Å². The van der Waals surface area contributed by atoms with Crippen LogP contribution in [0.15, 0.2) is 0 Å². The quantitative estimate of drug-likeness (QED) is 0.735. The average molecular weight is 226 g/mol. The van der Waals surface area contributed by atoms with Gasteiger partial charge in [0.15, 0.2) is 0 Å². The molecule has 1 fully saturated rings. The smallest absolute Gasteiger partial charge is 0.242 e. The molecule has 1 amide bonds. The number of hydrogen-bond acceptors (Lipinski definition) is 3. The molecule has 1 aliphatic carbocycles. The molecule has 0 heterocycles. The zero-order chi connectivity index (χ0) is 11.3. The molecule has 1 aliphatic rings. The Balaban J connectivity index is 2.61. The topological polar surface area (TPSA) is 44.1 Å². The number of amides is 1.